The van der Waals surface area contributed by atoms with E-state index in [-0.39, 0.29) is 47.6 Å². The number of aliphatic imine (C=N–C) groups is 1. The van der Waals surface area contributed by atoms with Crippen LogP contribution in [0.4, 0.5) is 0 Å². The average Bonchev–Trinajstić information content (AvgIpc) is 2.59. The maximum absolute atomic E-state index is 12.1. The van der Waals surface area contributed by atoms with Crippen LogP contribution in [0.3, 0.4) is 0 Å². The molecule has 160 valence electrons. The van der Waals surface area contributed by atoms with Gasteiger partial charge in [-0.3, -0.25) is 9.79 Å². The minimum Gasteiger partial charge on any atom is -0.357 e. The Morgan fingerprint density at radius 2 is 1.81 bits per heavy atom. The van der Waals surface area contributed by atoms with Gasteiger partial charge in [0.1, 0.15) is 0 Å². The van der Waals surface area contributed by atoms with Crippen molar-refractivity contribution < 1.29 is 13.2 Å². The molecule has 0 aromatic carbocycles. The molecule has 1 aliphatic heterocycles. The summed E-state index contributed by atoms with van der Waals surface area (Å²) in [4.78, 5) is 16.0. The summed E-state index contributed by atoms with van der Waals surface area (Å²) in [5, 5.41) is 9.42. The second-order valence-corrected chi connectivity index (χ2v) is 8.93. The lowest BCUT2D eigenvalue weighted by atomic mass is 10.1. The first-order chi connectivity index (χ1) is 12.3. The van der Waals surface area contributed by atoms with E-state index in [1.807, 2.05) is 27.7 Å². The number of nitrogens with one attached hydrogen (secondary N) is 3. The fourth-order valence-corrected chi connectivity index (χ4v) is 4.27. The molecule has 0 radical (unpaired) electrons. The van der Waals surface area contributed by atoms with E-state index in [1.54, 1.807) is 4.31 Å². The van der Waals surface area contributed by atoms with E-state index in [0.29, 0.717) is 38.6 Å². The fourth-order valence-electron chi connectivity index (χ4n) is 2.73. The number of amides is 1. The van der Waals surface area contributed by atoms with Crippen LogP contribution in [0.1, 0.15) is 47.0 Å². The Labute approximate surface area is 181 Å². The Balaban J connectivity index is 0.00000676. The molecule has 1 aliphatic rings. The molecule has 0 aliphatic carbocycles. The molecule has 0 atom stereocenters. The molecule has 27 heavy (non-hydrogen) atoms. The lowest BCUT2D eigenvalue weighted by Gasteiger charge is -2.32. The Bertz CT molecular complexity index is 561. The summed E-state index contributed by atoms with van der Waals surface area (Å²) in [6, 6.07) is 0.200. The summed E-state index contributed by atoms with van der Waals surface area (Å²) in [5.74, 6) is 0.927. The van der Waals surface area contributed by atoms with E-state index in [9.17, 15) is 13.2 Å². The predicted octanol–water partition coefficient (Wildman–Crippen LogP) is 1.14. The van der Waals surface area contributed by atoms with Crippen molar-refractivity contribution >= 4 is 45.9 Å². The predicted molar refractivity (Wildman–Crippen MR) is 121 cm³/mol. The molecule has 3 N–H and O–H groups in total. The smallest absolute Gasteiger partial charge is 0.222 e. The average molecular weight is 517 g/mol. The van der Waals surface area contributed by atoms with Crippen LogP contribution in [0, 0.1) is 5.92 Å². The van der Waals surface area contributed by atoms with Gasteiger partial charge in [0, 0.05) is 38.1 Å². The zero-order valence-electron chi connectivity index (χ0n) is 17.0. The van der Waals surface area contributed by atoms with Crippen molar-refractivity contribution in [2.45, 2.75) is 53.0 Å². The maximum Gasteiger partial charge on any atom is 0.222 e. The van der Waals surface area contributed by atoms with Gasteiger partial charge in [-0.2, -0.15) is 0 Å². The van der Waals surface area contributed by atoms with Gasteiger partial charge in [0.15, 0.2) is 5.96 Å². The number of nitrogens with zero attached hydrogens (tertiary/aromatic N) is 2. The minimum absolute atomic E-state index is 0. The van der Waals surface area contributed by atoms with E-state index in [2.05, 4.69) is 20.9 Å². The second-order valence-electron chi connectivity index (χ2n) is 6.84. The molecule has 0 aromatic rings. The van der Waals surface area contributed by atoms with Crippen LogP contribution in [-0.4, -0.2) is 69.1 Å². The molecule has 1 fully saturated rings. The monoisotopic (exact) mass is 517 g/mol. The zero-order chi connectivity index (χ0) is 19.6. The van der Waals surface area contributed by atoms with Gasteiger partial charge >= 0.3 is 0 Å². The molecule has 1 amide bonds. The summed E-state index contributed by atoms with van der Waals surface area (Å²) in [6.45, 7) is 10.4. The van der Waals surface area contributed by atoms with Crippen molar-refractivity contribution in [3.05, 3.63) is 0 Å². The summed E-state index contributed by atoms with van der Waals surface area (Å²) >= 11 is 0. The zero-order valence-corrected chi connectivity index (χ0v) is 20.1. The van der Waals surface area contributed by atoms with Crippen LogP contribution >= 0.6 is 24.0 Å². The first-order valence-electron chi connectivity index (χ1n) is 9.60. The molecule has 0 bridgehead atoms. The highest BCUT2D eigenvalue weighted by Gasteiger charge is 2.27. The van der Waals surface area contributed by atoms with E-state index in [1.165, 1.54) is 0 Å². The van der Waals surface area contributed by atoms with Crippen molar-refractivity contribution in [3.63, 3.8) is 0 Å². The number of carbonyl (C=O) groups is 1. The topological polar surface area (TPSA) is 103 Å². The summed E-state index contributed by atoms with van der Waals surface area (Å²) in [5.41, 5.74) is 0. The lowest BCUT2D eigenvalue weighted by molar-refractivity contribution is -0.123. The number of rotatable bonds is 9. The highest BCUT2D eigenvalue weighted by molar-refractivity contribution is 14.0. The number of carbonyl (C=O) groups excluding carboxylic acids is 1. The molecular weight excluding hydrogens is 481 g/mol. The van der Waals surface area contributed by atoms with Crippen molar-refractivity contribution in [3.8, 4) is 0 Å². The van der Waals surface area contributed by atoms with Gasteiger partial charge in [-0.25, -0.2) is 12.7 Å². The largest absolute Gasteiger partial charge is 0.357 e. The van der Waals surface area contributed by atoms with Gasteiger partial charge in [0.2, 0.25) is 15.9 Å². The second kappa shape index (κ2) is 13.5. The first-order valence-corrected chi connectivity index (χ1v) is 11.2. The third-order valence-electron chi connectivity index (χ3n) is 4.20. The third kappa shape index (κ3) is 9.93. The fraction of sp³-hybridized carbons (Fsp3) is 0.882. The van der Waals surface area contributed by atoms with E-state index >= 15 is 0 Å². The van der Waals surface area contributed by atoms with E-state index in [0.717, 1.165) is 19.4 Å². The molecule has 8 nitrogen and oxygen atoms in total. The summed E-state index contributed by atoms with van der Waals surface area (Å²) in [6.07, 6.45) is 2.17. The highest BCUT2D eigenvalue weighted by Crippen LogP contribution is 2.15. The SMILES string of the molecule is CCCS(=O)(=O)N1CCC(NC(=NCCNC(=O)C(C)C)NCC)CC1.I. The molecule has 1 saturated heterocycles. The van der Waals surface area contributed by atoms with E-state index in [4.69, 9.17) is 0 Å². The lowest BCUT2D eigenvalue weighted by Crippen LogP contribution is -2.50. The van der Waals surface area contributed by atoms with Gasteiger partial charge in [-0.15, -0.1) is 24.0 Å². The molecule has 0 spiro atoms. The van der Waals surface area contributed by atoms with Crippen LogP contribution < -0.4 is 16.0 Å². The summed E-state index contributed by atoms with van der Waals surface area (Å²) in [7, 11) is -3.11. The van der Waals surface area contributed by atoms with Gasteiger partial charge < -0.3 is 16.0 Å². The molecule has 0 unspecified atom stereocenters. The standard InChI is InChI=1S/C17H35N5O3S.HI/c1-5-13-26(24,25)22-11-7-15(8-12-22)21-17(18-6-2)20-10-9-19-16(23)14(3)4;/h14-15H,5-13H2,1-4H3,(H,19,23)(H2,18,20,21);1H. The Hall–Kier alpha value is -0.620. The normalized spacial score (nSPS) is 16.7. The van der Waals surface area contributed by atoms with Gasteiger partial charge in [-0.05, 0) is 26.2 Å². The molecule has 0 saturated carbocycles. The van der Waals surface area contributed by atoms with E-state index < -0.39 is 10.0 Å². The molecule has 0 aromatic heterocycles. The van der Waals surface area contributed by atoms with Gasteiger partial charge in [0.25, 0.3) is 0 Å². The number of hydrogen-bond acceptors (Lipinski definition) is 4. The number of sulfonamides is 1. The number of hydrogen-bond donors (Lipinski definition) is 3. The first kappa shape index (κ1) is 26.4. The van der Waals surface area contributed by atoms with Crippen molar-refractivity contribution in [1.29, 1.82) is 0 Å². The van der Waals surface area contributed by atoms with Crippen LogP contribution in [0.25, 0.3) is 0 Å². The third-order valence-corrected chi connectivity index (χ3v) is 6.28. The maximum atomic E-state index is 12.1. The van der Waals surface area contributed by atoms with Crippen LogP contribution in [-0.2, 0) is 14.8 Å². The summed E-state index contributed by atoms with van der Waals surface area (Å²) < 4.78 is 25.9. The van der Waals surface area contributed by atoms with Crippen LogP contribution in [0.5, 0.6) is 0 Å². The minimum atomic E-state index is -3.11. The van der Waals surface area contributed by atoms with Crippen molar-refractivity contribution in [2.75, 3.05) is 38.5 Å². The van der Waals surface area contributed by atoms with Crippen molar-refractivity contribution in [1.82, 2.24) is 20.3 Å². The van der Waals surface area contributed by atoms with Crippen molar-refractivity contribution in [2.24, 2.45) is 10.9 Å². The van der Waals surface area contributed by atoms with Crippen LogP contribution in [0.2, 0.25) is 0 Å². The number of piperidine rings is 1. The Kier molecular flexibility index (Phi) is 13.2. The molecule has 1 rings (SSSR count). The molecular formula is C17H36IN5O3S. The quantitative estimate of drug-likeness (QED) is 0.184. The highest BCUT2D eigenvalue weighted by atomic mass is 127. The Morgan fingerprint density at radius 1 is 1.19 bits per heavy atom. The number of guanidine groups is 1. The molecule has 1 heterocycles. The number of halogens is 1. The van der Waals surface area contributed by atoms with Gasteiger partial charge in [0.05, 0.1) is 12.3 Å². The van der Waals surface area contributed by atoms with Crippen LogP contribution in [0.15, 0.2) is 4.99 Å². The molecule has 10 heteroatoms. The Morgan fingerprint density at radius 3 is 2.33 bits per heavy atom. The van der Waals surface area contributed by atoms with Gasteiger partial charge in [-0.1, -0.05) is 20.8 Å².